The lowest BCUT2D eigenvalue weighted by Gasteiger charge is -2.25. The molecule has 13 heteroatoms. The zero-order valence-electron chi connectivity index (χ0n) is 33.3. The predicted molar refractivity (Wildman–Crippen MR) is 229 cm³/mol. The maximum atomic E-state index is 13.6. The minimum absolute atomic E-state index is 0.0681. The summed E-state index contributed by atoms with van der Waals surface area (Å²) in [5, 5.41) is 10.0. The number of rotatable bonds is 13. The zero-order chi connectivity index (χ0) is 41.7. The highest BCUT2D eigenvalue weighted by Crippen LogP contribution is 2.47. The quantitative estimate of drug-likeness (QED) is 0.0682. The molecule has 7 rings (SSSR count). The fourth-order valence-corrected chi connectivity index (χ4v) is 8.04. The number of halogens is 1. The molecule has 0 spiro atoms. The molecule has 1 aliphatic heterocycles. The van der Waals surface area contributed by atoms with Crippen LogP contribution < -0.4 is 31.3 Å². The first kappa shape index (κ1) is 40.9. The summed E-state index contributed by atoms with van der Waals surface area (Å²) < 4.78 is 17.9. The lowest BCUT2D eigenvalue weighted by atomic mass is 9.95. The lowest BCUT2D eigenvalue weighted by Crippen LogP contribution is -2.44. The molecule has 5 aromatic rings. The number of primary amides is 1. The Morgan fingerprint density at radius 3 is 2.17 bits per heavy atom. The molecule has 1 aliphatic carbocycles. The average Bonchev–Trinajstić information content (AvgIpc) is 3.76. The van der Waals surface area contributed by atoms with Crippen molar-refractivity contribution in [2.24, 2.45) is 5.73 Å². The van der Waals surface area contributed by atoms with E-state index in [1.807, 2.05) is 99.6 Å². The molecule has 2 atom stereocenters. The van der Waals surface area contributed by atoms with E-state index in [4.69, 9.17) is 31.5 Å². The van der Waals surface area contributed by atoms with Crippen molar-refractivity contribution in [3.8, 4) is 16.9 Å². The van der Waals surface area contributed by atoms with Crippen LogP contribution in [0.3, 0.4) is 0 Å². The SMILES string of the molecule is CC(C)(C)OC(=O)N1CC(CCl)c2c1cc(OCc1ccc(NC(=O)[C@H](CCCNC(N)=O)NC(=O)OCC3c4ccccc4-c4ccccc43)cc1)c1ccccc21. The lowest BCUT2D eigenvalue weighted by molar-refractivity contribution is -0.118. The Balaban J connectivity index is 1.01. The number of benzene rings is 5. The van der Waals surface area contributed by atoms with Crippen molar-refractivity contribution >= 4 is 57.9 Å². The second-order valence-corrected chi connectivity index (χ2v) is 16.0. The third-order valence-electron chi connectivity index (χ3n) is 10.5. The number of hydrogen-bond acceptors (Lipinski definition) is 7. The van der Waals surface area contributed by atoms with E-state index in [1.165, 1.54) is 0 Å². The van der Waals surface area contributed by atoms with Crippen molar-refractivity contribution in [2.75, 3.05) is 35.8 Å². The third-order valence-corrected chi connectivity index (χ3v) is 10.8. The largest absolute Gasteiger partial charge is 0.488 e. The van der Waals surface area contributed by atoms with E-state index < -0.39 is 35.8 Å². The fourth-order valence-electron chi connectivity index (χ4n) is 7.79. The molecule has 0 bridgehead atoms. The zero-order valence-corrected chi connectivity index (χ0v) is 34.0. The molecule has 5 aromatic carbocycles. The van der Waals surface area contributed by atoms with Crippen LogP contribution in [0.4, 0.5) is 25.8 Å². The molecule has 0 radical (unpaired) electrons. The van der Waals surface area contributed by atoms with Gasteiger partial charge in [0.15, 0.2) is 0 Å². The van der Waals surface area contributed by atoms with E-state index >= 15 is 0 Å². The second kappa shape index (κ2) is 17.7. The maximum absolute atomic E-state index is 13.6. The topological polar surface area (TPSA) is 161 Å². The Morgan fingerprint density at radius 2 is 1.53 bits per heavy atom. The van der Waals surface area contributed by atoms with Crippen molar-refractivity contribution in [1.82, 2.24) is 10.6 Å². The summed E-state index contributed by atoms with van der Waals surface area (Å²) in [5.74, 6) is 0.295. The Morgan fingerprint density at radius 1 is 0.881 bits per heavy atom. The van der Waals surface area contributed by atoms with Gasteiger partial charge in [-0.25, -0.2) is 14.4 Å². The second-order valence-electron chi connectivity index (χ2n) is 15.7. The Bertz CT molecular complexity index is 2320. The van der Waals surface area contributed by atoms with E-state index in [0.717, 1.165) is 44.2 Å². The molecule has 0 saturated heterocycles. The number of fused-ring (bicyclic) bond motifs is 6. The monoisotopic (exact) mass is 817 g/mol. The highest BCUT2D eigenvalue weighted by atomic mass is 35.5. The van der Waals surface area contributed by atoms with Crippen molar-refractivity contribution in [3.63, 3.8) is 0 Å². The van der Waals surface area contributed by atoms with Gasteiger partial charge in [-0.3, -0.25) is 9.69 Å². The molecule has 5 amide bonds. The van der Waals surface area contributed by atoms with Crippen LogP contribution in [0, 0.1) is 0 Å². The van der Waals surface area contributed by atoms with E-state index in [1.54, 1.807) is 17.0 Å². The number of carbonyl (C=O) groups excluding carboxylic acids is 4. The number of alkyl carbamates (subject to hydrolysis) is 1. The van der Waals surface area contributed by atoms with Gasteiger partial charge >= 0.3 is 18.2 Å². The van der Waals surface area contributed by atoms with Crippen LogP contribution in [-0.2, 0) is 20.9 Å². The first-order valence-corrected chi connectivity index (χ1v) is 20.2. The standard InChI is InChI=1S/C46H48ClN5O7/c1-46(2,3)59-45(56)52-25-29(24-47)41-36-16-9-8-15-35(36)40(23-39(41)52)57-26-28-18-20-30(21-19-28)50-42(53)38(17-10-22-49-43(48)54)51-44(55)58-27-37-33-13-6-4-11-31(33)32-12-5-7-14-34(32)37/h4-9,11-16,18-21,23,29,37-38H,10,17,22,24-27H2,1-3H3,(H,50,53)(H,51,55)(H3,48,49,54)/t29?,38-/m0/s1. The number of anilines is 2. The summed E-state index contributed by atoms with van der Waals surface area (Å²) in [6.07, 6.45) is -0.578. The first-order valence-electron chi connectivity index (χ1n) is 19.7. The molecule has 0 aromatic heterocycles. The summed E-state index contributed by atoms with van der Waals surface area (Å²) in [5.41, 5.74) is 12.0. The number of ether oxygens (including phenoxy) is 3. The predicted octanol–water partition coefficient (Wildman–Crippen LogP) is 8.79. The van der Waals surface area contributed by atoms with Gasteiger partial charge in [-0.15, -0.1) is 11.6 Å². The number of alkyl halides is 1. The summed E-state index contributed by atoms with van der Waals surface area (Å²) in [7, 11) is 0. The van der Waals surface area contributed by atoms with Gasteiger partial charge in [0.05, 0.1) is 5.69 Å². The third kappa shape index (κ3) is 9.39. The summed E-state index contributed by atoms with van der Waals surface area (Å²) >= 11 is 6.43. The van der Waals surface area contributed by atoms with Crippen LogP contribution in [-0.4, -0.2) is 61.3 Å². The van der Waals surface area contributed by atoms with E-state index in [2.05, 4.69) is 28.1 Å². The maximum Gasteiger partial charge on any atom is 0.414 e. The Kier molecular flexibility index (Phi) is 12.3. The van der Waals surface area contributed by atoms with Crippen molar-refractivity contribution in [3.05, 3.63) is 125 Å². The highest BCUT2D eigenvalue weighted by molar-refractivity contribution is 6.19. The molecule has 2 aliphatic rings. The van der Waals surface area contributed by atoms with Gasteiger partial charge in [0.25, 0.3) is 0 Å². The molecule has 1 unspecified atom stereocenters. The minimum Gasteiger partial charge on any atom is -0.488 e. The highest BCUT2D eigenvalue weighted by Gasteiger charge is 2.37. The summed E-state index contributed by atoms with van der Waals surface area (Å²) in [6, 6.07) is 31.4. The fraction of sp³-hybridized carbons (Fsp3) is 0.304. The van der Waals surface area contributed by atoms with Crippen LogP contribution in [0.2, 0.25) is 0 Å². The number of urea groups is 1. The van der Waals surface area contributed by atoms with Gasteiger partial charge < -0.3 is 35.9 Å². The van der Waals surface area contributed by atoms with Gasteiger partial charge in [0.2, 0.25) is 5.91 Å². The Hall–Kier alpha value is -6.27. The van der Waals surface area contributed by atoms with E-state index in [9.17, 15) is 19.2 Å². The summed E-state index contributed by atoms with van der Waals surface area (Å²) in [4.78, 5) is 53.0. The number of amides is 5. The smallest absolute Gasteiger partial charge is 0.414 e. The number of hydrogen-bond donors (Lipinski definition) is 4. The van der Waals surface area contributed by atoms with E-state index in [0.29, 0.717) is 36.0 Å². The van der Waals surface area contributed by atoms with Crippen molar-refractivity contribution < 1.29 is 33.4 Å². The average molecular weight is 818 g/mol. The minimum atomic E-state index is -0.963. The van der Waals surface area contributed by atoms with Gasteiger partial charge in [-0.1, -0.05) is 84.9 Å². The first-order chi connectivity index (χ1) is 28.4. The van der Waals surface area contributed by atoms with Crippen LogP contribution in [0.15, 0.2) is 103 Å². The molecule has 306 valence electrons. The van der Waals surface area contributed by atoms with Gasteiger partial charge in [-0.2, -0.15) is 0 Å². The molecule has 0 saturated carbocycles. The van der Waals surface area contributed by atoms with Gasteiger partial charge in [0.1, 0.15) is 30.6 Å². The number of nitrogens with two attached hydrogens (primary N) is 1. The molecule has 0 fully saturated rings. The molecular weight excluding hydrogens is 770 g/mol. The van der Waals surface area contributed by atoms with Crippen LogP contribution >= 0.6 is 11.6 Å². The molecule has 1 heterocycles. The Labute approximate surface area is 348 Å². The van der Waals surface area contributed by atoms with Crippen LogP contribution in [0.1, 0.15) is 67.7 Å². The number of nitrogens with zero attached hydrogens (tertiary/aromatic N) is 1. The molecule has 59 heavy (non-hydrogen) atoms. The number of nitrogens with one attached hydrogen (secondary N) is 3. The van der Waals surface area contributed by atoms with Crippen molar-refractivity contribution in [1.29, 1.82) is 0 Å². The molecule has 5 N–H and O–H groups in total. The van der Waals surface area contributed by atoms with Crippen LogP contribution in [0.5, 0.6) is 5.75 Å². The molecule has 12 nitrogen and oxygen atoms in total. The normalized spacial score (nSPS) is 14.8. The van der Waals surface area contributed by atoms with E-state index in [-0.39, 0.29) is 38.0 Å². The number of carbonyl (C=O) groups is 4. The summed E-state index contributed by atoms with van der Waals surface area (Å²) in [6.45, 7) is 6.44. The van der Waals surface area contributed by atoms with Crippen LogP contribution in [0.25, 0.3) is 21.9 Å². The molecular formula is C46H48ClN5O7. The van der Waals surface area contributed by atoms with Gasteiger partial charge in [0, 0.05) is 47.9 Å². The van der Waals surface area contributed by atoms with Gasteiger partial charge in [-0.05, 0) is 84.5 Å². The van der Waals surface area contributed by atoms with Crippen molar-refractivity contribution in [2.45, 2.75) is 63.7 Å².